The summed E-state index contributed by atoms with van der Waals surface area (Å²) < 4.78 is 37.7. The van der Waals surface area contributed by atoms with Crippen molar-refractivity contribution in [2.75, 3.05) is 11.1 Å². The van der Waals surface area contributed by atoms with Crippen molar-refractivity contribution in [2.24, 2.45) is 0 Å². The van der Waals surface area contributed by atoms with Gasteiger partial charge in [0.15, 0.2) is 5.69 Å². The summed E-state index contributed by atoms with van der Waals surface area (Å²) in [6, 6.07) is 7.74. The number of nitrogens with two attached hydrogens (primary N) is 1. The van der Waals surface area contributed by atoms with E-state index in [-0.39, 0.29) is 12.4 Å². The third kappa shape index (κ3) is 3.74. The molecule has 20 heavy (non-hydrogen) atoms. The smallest absolute Gasteiger partial charge is 0.368 e. The van der Waals surface area contributed by atoms with Crippen molar-refractivity contribution in [1.82, 2.24) is 9.97 Å². The molecule has 0 saturated carbocycles. The maximum Gasteiger partial charge on any atom is 0.433 e. The number of nitrogens with zero attached hydrogens (tertiary/aromatic N) is 2. The van der Waals surface area contributed by atoms with E-state index in [1.54, 1.807) is 24.3 Å². The highest BCUT2D eigenvalue weighted by molar-refractivity contribution is 6.30. The lowest BCUT2D eigenvalue weighted by Crippen LogP contribution is -2.13. The number of hydrogen-bond donors (Lipinski definition) is 2. The van der Waals surface area contributed by atoms with Crippen LogP contribution in [0.2, 0.25) is 5.02 Å². The Morgan fingerprint density at radius 2 is 1.95 bits per heavy atom. The molecule has 1 aromatic heterocycles. The molecule has 0 aliphatic rings. The number of alkyl halides is 3. The molecule has 106 valence electrons. The van der Waals surface area contributed by atoms with E-state index >= 15 is 0 Å². The van der Waals surface area contributed by atoms with Crippen molar-refractivity contribution in [2.45, 2.75) is 12.7 Å². The van der Waals surface area contributed by atoms with Gasteiger partial charge in [-0.25, -0.2) is 4.98 Å². The summed E-state index contributed by atoms with van der Waals surface area (Å²) in [7, 11) is 0. The zero-order chi connectivity index (χ0) is 14.8. The van der Waals surface area contributed by atoms with E-state index in [4.69, 9.17) is 17.3 Å². The standard InChI is InChI=1S/C12H10ClF3N4/c13-8-3-1-2-7(4-8)6-18-10-5-9(12(14,15)16)19-11(17)20-10/h1-5H,6H2,(H3,17,18,19,20). The van der Waals surface area contributed by atoms with Gasteiger partial charge in [0.2, 0.25) is 5.95 Å². The normalized spacial score (nSPS) is 11.4. The Hall–Kier alpha value is -2.02. The molecule has 2 rings (SSSR count). The second kappa shape index (κ2) is 5.54. The van der Waals surface area contributed by atoms with Gasteiger partial charge < -0.3 is 11.1 Å². The summed E-state index contributed by atoms with van der Waals surface area (Å²) in [6.07, 6.45) is -4.57. The molecule has 0 bridgehead atoms. The van der Waals surface area contributed by atoms with E-state index in [1.807, 2.05) is 0 Å². The quantitative estimate of drug-likeness (QED) is 0.912. The summed E-state index contributed by atoms with van der Waals surface area (Å²) in [6.45, 7) is 0.272. The number of halogens is 4. The van der Waals surface area contributed by atoms with Gasteiger partial charge in [-0.3, -0.25) is 0 Å². The van der Waals surface area contributed by atoms with Crippen LogP contribution in [0, 0.1) is 0 Å². The van der Waals surface area contributed by atoms with Crippen LogP contribution in [0.15, 0.2) is 30.3 Å². The molecule has 0 saturated heterocycles. The number of rotatable bonds is 3. The van der Waals surface area contributed by atoms with Crippen LogP contribution in [0.5, 0.6) is 0 Å². The third-order valence-corrected chi connectivity index (χ3v) is 2.63. The number of nitrogens with one attached hydrogen (secondary N) is 1. The van der Waals surface area contributed by atoms with Crippen LogP contribution >= 0.6 is 11.6 Å². The Morgan fingerprint density at radius 3 is 2.60 bits per heavy atom. The van der Waals surface area contributed by atoms with Crippen LogP contribution in [0.1, 0.15) is 11.3 Å². The van der Waals surface area contributed by atoms with Crippen molar-refractivity contribution in [3.05, 3.63) is 46.6 Å². The van der Waals surface area contributed by atoms with E-state index in [0.29, 0.717) is 5.02 Å². The fourth-order valence-corrected chi connectivity index (χ4v) is 1.75. The van der Waals surface area contributed by atoms with Gasteiger partial charge in [-0.05, 0) is 17.7 Å². The van der Waals surface area contributed by atoms with Crippen molar-refractivity contribution in [1.29, 1.82) is 0 Å². The van der Waals surface area contributed by atoms with Crippen molar-refractivity contribution in [3.8, 4) is 0 Å². The van der Waals surface area contributed by atoms with Gasteiger partial charge in [0, 0.05) is 17.6 Å². The molecule has 4 nitrogen and oxygen atoms in total. The topological polar surface area (TPSA) is 63.8 Å². The fraction of sp³-hybridized carbons (Fsp3) is 0.167. The molecule has 0 unspecified atom stereocenters. The first kappa shape index (κ1) is 14.4. The van der Waals surface area contributed by atoms with Crippen molar-refractivity contribution >= 4 is 23.4 Å². The molecule has 0 aliphatic heterocycles. The summed E-state index contributed by atoms with van der Waals surface area (Å²) in [5.41, 5.74) is 4.99. The Labute approximate surface area is 117 Å². The van der Waals surface area contributed by atoms with Gasteiger partial charge in [0.25, 0.3) is 0 Å². The summed E-state index contributed by atoms with van der Waals surface area (Å²) in [5, 5.41) is 3.30. The highest BCUT2D eigenvalue weighted by Gasteiger charge is 2.33. The average Bonchev–Trinajstić information content (AvgIpc) is 2.35. The molecule has 1 aromatic carbocycles. The first-order valence-electron chi connectivity index (χ1n) is 5.54. The lowest BCUT2D eigenvalue weighted by molar-refractivity contribution is -0.141. The van der Waals surface area contributed by atoms with Crippen LogP contribution in [0.4, 0.5) is 24.9 Å². The molecule has 1 heterocycles. The minimum absolute atomic E-state index is 0.00444. The Kier molecular flexibility index (Phi) is 3.99. The van der Waals surface area contributed by atoms with Crippen molar-refractivity contribution in [3.63, 3.8) is 0 Å². The maximum absolute atomic E-state index is 12.6. The predicted octanol–water partition coefficient (Wildman–Crippen LogP) is 3.34. The summed E-state index contributed by atoms with van der Waals surface area (Å²) >= 11 is 5.81. The van der Waals surface area contributed by atoms with Gasteiger partial charge in [0.1, 0.15) is 5.82 Å². The zero-order valence-corrected chi connectivity index (χ0v) is 10.8. The second-order valence-corrected chi connectivity index (χ2v) is 4.41. The number of aromatic nitrogens is 2. The molecule has 0 spiro atoms. The molecule has 0 amide bonds. The zero-order valence-electron chi connectivity index (χ0n) is 10.1. The Morgan fingerprint density at radius 1 is 1.20 bits per heavy atom. The molecule has 0 atom stereocenters. The Bertz CT molecular complexity index is 616. The minimum Gasteiger partial charge on any atom is -0.368 e. The van der Waals surface area contributed by atoms with Crippen LogP contribution in [0.25, 0.3) is 0 Å². The number of hydrogen-bond acceptors (Lipinski definition) is 4. The molecule has 0 aliphatic carbocycles. The molecule has 0 radical (unpaired) electrons. The van der Waals surface area contributed by atoms with Gasteiger partial charge in [0.05, 0.1) is 0 Å². The first-order valence-corrected chi connectivity index (χ1v) is 5.92. The molecular weight excluding hydrogens is 293 g/mol. The van der Waals surface area contributed by atoms with Gasteiger partial charge in [-0.1, -0.05) is 23.7 Å². The van der Waals surface area contributed by atoms with Gasteiger partial charge in [-0.2, -0.15) is 18.2 Å². The lowest BCUT2D eigenvalue weighted by atomic mass is 10.2. The first-order chi connectivity index (χ1) is 9.34. The summed E-state index contributed by atoms with van der Waals surface area (Å²) in [5.74, 6) is -0.432. The largest absolute Gasteiger partial charge is 0.433 e. The predicted molar refractivity (Wildman–Crippen MR) is 70.2 cm³/mol. The van der Waals surface area contributed by atoms with E-state index in [0.717, 1.165) is 11.6 Å². The minimum atomic E-state index is -4.57. The molecular formula is C12H10ClF3N4. The van der Waals surface area contributed by atoms with Crippen LogP contribution in [0.3, 0.4) is 0 Å². The average molecular weight is 303 g/mol. The van der Waals surface area contributed by atoms with Crippen LogP contribution in [-0.2, 0) is 12.7 Å². The van der Waals surface area contributed by atoms with E-state index in [1.165, 1.54) is 0 Å². The van der Waals surface area contributed by atoms with Crippen molar-refractivity contribution < 1.29 is 13.2 Å². The maximum atomic E-state index is 12.6. The SMILES string of the molecule is Nc1nc(NCc2cccc(Cl)c2)cc(C(F)(F)F)n1. The molecule has 8 heteroatoms. The molecule has 3 N–H and O–H groups in total. The van der Waals surface area contributed by atoms with E-state index in [9.17, 15) is 13.2 Å². The highest BCUT2D eigenvalue weighted by Crippen LogP contribution is 2.29. The number of anilines is 2. The molecule has 2 aromatic rings. The number of nitrogen functional groups attached to an aromatic ring is 1. The van der Waals surface area contributed by atoms with E-state index < -0.39 is 17.8 Å². The second-order valence-electron chi connectivity index (χ2n) is 3.98. The monoisotopic (exact) mass is 302 g/mol. The third-order valence-electron chi connectivity index (χ3n) is 2.40. The molecule has 0 fully saturated rings. The van der Waals surface area contributed by atoms with Gasteiger partial charge >= 0.3 is 6.18 Å². The highest BCUT2D eigenvalue weighted by atomic mass is 35.5. The van der Waals surface area contributed by atoms with E-state index in [2.05, 4.69) is 15.3 Å². The van der Waals surface area contributed by atoms with Crippen LogP contribution < -0.4 is 11.1 Å². The number of benzene rings is 1. The van der Waals surface area contributed by atoms with Gasteiger partial charge in [-0.15, -0.1) is 0 Å². The summed E-state index contributed by atoms with van der Waals surface area (Å²) in [4.78, 5) is 6.86. The Balaban J connectivity index is 2.16. The fourth-order valence-electron chi connectivity index (χ4n) is 1.54. The lowest BCUT2D eigenvalue weighted by Gasteiger charge is -2.10. The van der Waals surface area contributed by atoms with Crippen LogP contribution in [-0.4, -0.2) is 9.97 Å².